The monoisotopic (exact) mass is 245 g/mol. The topological polar surface area (TPSA) is 50.9 Å². The molecule has 0 radical (unpaired) electrons. The van der Waals surface area contributed by atoms with Gasteiger partial charge in [0.25, 0.3) is 0 Å². The van der Waals surface area contributed by atoms with Gasteiger partial charge in [0.15, 0.2) is 0 Å². The molecule has 0 aliphatic heterocycles. The van der Waals surface area contributed by atoms with Crippen LogP contribution < -0.4 is 11.3 Å². The molecule has 5 heteroatoms. The fourth-order valence-electron chi connectivity index (χ4n) is 1.19. The maximum Gasteiger partial charge on any atom is 0.0829 e. The molecule has 3 N–H and O–H groups in total. The van der Waals surface area contributed by atoms with Crippen LogP contribution in [0.3, 0.4) is 0 Å². The summed E-state index contributed by atoms with van der Waals surface area (Å²) in [6.45, 7) is 3.96. The Hall–Kier alpha value is -0.610. The van der Waals surface area contributed by atoms with E-state index in [1.165, 1.54) is 0 Å². The maximum atomic E-state index is 6.01. The van der Waals surface area contributed by atoms with Crippen molar-refractivity contribution in [3.63, 3.8) is 0 Å². The second kappa shape index (κ2) is 5.47. The van der Waals surface area contributed by atoms with E-state index in [0.717, 1.165) is 5.57 Å². The molecule has 3 nitrogen and oxygen atoms in total. The van der Waals surface area contributed by atoms with Gasteiger partial charge in [0.2, 0.25) is 0 Å². The zero-order valence-corrected chi connectivity index (χ0v) is 10.1. The van der Waals surface area contributed by atoms with Crippen molar-refractivity contribution in [3.8, 4) is 0 Å². The van der Waals surface area contributed by atoms with Gasteiger partial charge in [-0.2, -0.15) is 0 Å². The number of hydrogen-bond acceptors (Lipinski definition) is 3. The summed E-state index contributed by atoms with van der Waals surface area (Å²) in [6, 6.07) is 1.45. The molecule has 0 aliphatic rings. The maximum absolute atomic E-state index is 6.01. The van der Waals surface area contributed by atoms with E-state index in [0.29, 0.717) is 15.7 Å². The van der Waals surface area contributed by atoms with Gasteiger partial charge in [-0.25, -0.2) is 5.43 Å². The highest BCUT2D eigenvalue weighted by Crippen LogP contribution is 2.24. The first-order chi connectivity index (χ1) is 7.04. The molecule has 1 unspecified atom stereocenters. The Bertz CT molecular complexity index is 373. The SMILES string of the molecule is CC(C)=CC(NN)c1ncc(Cl)cc1Cl. The Morgan fingerprint density at radius 3 is 2.67 bits per heavy atom. The van der Waals surface area contributed by atoms with Crippen molar-refractivity contribution in [1.82, 2.24) is 10.4 Å². The zero-order valence-electron chi connectivity index (χ0n) is 8.59. The molecule has 0 amide bonds. The van der Waals surface area contributed by atoms with E-state index < -0.39 is 0 Å². The molecular formula is C10H13Cl2N3. The van der Waals surface area contributed by atoms with E-state index in [1.807, 2.05) is 19.9 Å². The Morgan fingerprint density at radius 2 is 2.20 bits per heavy atom. The lowest BCUT2D eigenvalue weighted by Gasteiger charge is -2.13. The smallest absolute Gasteiger partial charge is 0.0829 e. The second-order valence-electron chi connectivity index (χ2n) is 3.41. The molecule has 1 aromatic heterocycles. The largest absolute Gasteiger partial charge is 0.271 e. The minimum Gasteiger partial charge on any atom is -0.271 e. The third-order valence-electron chi connectivity index (χ3n) is 1.81. The number of nitrogens with two attached hydrogens (primary N) is 1. The first-order valence-electron chi connectivity index (χ1n) is 4.46. The molecule has 1 rings (SSSR count). The number of nitrogens with zero attached hydrogens (tertiary/aromatic N) is 1. The Balaban J connectivity index is 3.07. The van der Waals surface area contributed by atoms with Crippen molar-refractivity contribution in [3.05, 3.63) is 39.7 Å². The zero-order chi connectivity index (χ0) is 11.4. The van der Waals surface area contributed by atoms with E-state index in [-0.39, 0.29) is 6.04 Å². The van der Waals surface area contributed by atoms with Crippen LogP contribution in [0.15, 0.2) is 23.9 Å². The number of hydrogen-bond donors (Lipinski definition) is 2. The van der Waals surface area contributed by atoms with Crippen LogP contribution in [0.4, 0.5) is 0 Å². The van der Waals surface area contributed by atoms with E-state index in [9.17, 15) is 0 Å². The minimum atomic E-state index is -0.195. The van der Waals surface area contributed by atoms with Crippen molar-refractivity contribution in [2.75, 3.05) is 0 Å². The number of aromatic nitrogens is 1. The molecule has 15 heavy (non-hydrogen) atoms. The molecule has 0 aliphatic carbocycles. The van der Waals surface area contributed by atoms with Crippen LogP contribution in [0.1, 0.15) is 25.6 Å². The number of hydrazine groups is 1. The minimum absolute atomic E-state index is 0.195. The number of halogens is 2. The second-order valence-corrected chi connectivity index (χ2v) is 4.25. The third-order valence-corrected chi connectivity index (χ3v) is 2.32. The van der Waals surface area contributed by atoms with Gasteiger partial charge in [-0.1, -0.05) is 34.9 Å². The van der Waals surface area contributed by atoms with Crippen LogP contribution in [-0.4, -0.2) is 4.98 Å². The van der Waals surface area contributed by atoms with E-state index >= 15 is 0 Å². The third kappa shape index (κ3) is 3.47. The number of rotatable bonds is 3. The van der Waals surface area contributed by atoms with Crippen LogP contribution in [0, 0.1) is 0 Å². The van der Waals surface area contributed by atoms with Crippen molar-refractivity contribution in [2.24, 2.45) is 5.84 Å². The quantitative estimate of drug-likeness (QED) is 0.489. The summed E-state index contributed by atoms with van der Waals surface area (Å²) >= 11 is 11.8. The lowest BCUT2D eigenvalue weighted by molar-refractivity contribution is 0.635. The highest BCUT2D eigenvalue weighted by atomic mass is 35.5. The van der Waals surface area contributed by atoms with Gasteiger partial charge < -0.3 is 0 Å². The summed E-state index contributed by atoms with van der Waals surface area (Å²) in [5.41, 5.74) is 4.44. The molecule has 82 valence electrons. The van der Waals surface area contributed by atoms with Crippen molar-refractivity contribution < 1.29 is 0 Å². The first-order valence-corrected chi connectivity index (χ1v) is 5.22. The molecule has 0 bridgehead atoms. The fourth-order valence-corrected chi connectivity index (χ4v) is 1.69. The van der Waals surface area contributed by atoms with Crippen molar-refractivity contribution in [2.45, 2.75) is 19.9 Å². The van der Waals surface area contributed by atoms with Crippen LogP contribution >= 0.6 is 23.2 Å². The number of pyridine rings is 1. The molecule has 0 spiro atoms. The highest BCUT2D eigenvalue weighted by molar-refractivity contribution is 6.34. The van der Waals surface area contributed by atoms with E-state index in [1.54, 1.807) is 12.3 Å². The highest BCUT2D eigenvalue weighted by Gasteiger charge is 2.12. The van der Waals surface area contributed by atoms with Crippen LogP contribution in [-0.2, 0) is 0 Å². The average molecular weight is 246 g/mol. The van der Waals surface area contributed by atoms with E-state index in [2.05, 4.69) is 10.4 Å². The van der Waals surface area contributed by atoms with Gasteiger partial charge in [-0.3, -0.25) is 10.8 Å². The number of allylic oxidation sites excluding steroid dienone is 1. The molecule has 0 saturated heterocycles. The molecule has 0 aromatic carbocycles. The molecule has 0 fully saturated rings. The molecule has 1 atom stereocenters. The van der Waals surface area contributed by atoms with Gasteiger partial charge in [0.1, 0.15) is 0 Å². The molecule has 0 saturated carbocycles. The first kappa shape index (κ1) is 12.5. The van der Waals surface area contributed by atoms with Gasteiger partial charge in [-0.05, 0) is 19.9 Å². The van der Waals surface area contributed by atoms with Crippen LogP contribution in [0.25, 0.3) is 0 Å². The Labute approximate surface area is 99.3 Å². The normalized spacial score (nSPS) is 12.3. The van der Waals surface area contributed by atoms with Crippen LogP contribution in [0.5, 0.6) is 0 Å². The fraction of sp³-hybridized carbons (Fsp3) is 0.300. The molecular weight excluding hydrogens is 233 g/mol. The summed E-state index contributed by atoms with van der Waals surface area (Å²) in [5.74, 6) is 5.43. The standard InChI is InChI=1S/C10H13Cl2N3/c1-6(2)3-9(15-13)10-8(12)4-7(11)5-14-10/h3-5,9,15H,13H2,1-2H3. The summed E-state index contributed by atoms with van der Waals surface area (Å²) in [5, 5.41) is 1.01. The summed E-state index contributed by atoms with van der Waals surface area (Å²) in [7, 11) is 0. The molecule has 1 aromatic rings. The van der Waals surface area contributed by atoms with Gasteiger partial charge in [-0.15, -0.1) is 0 Å². The lowest BCUT2D eigenvalue weighted by Crippen LogP contribution is -2.27. The van der Waals surface area contributed by atoms with E-state index in [4.69, 9.17) is 29.0 Å². The Morgan fingerprint density at radius 1 is 1.53 bits per heavy atom. The summed E-state index contributed by atoms with van der Waals surface area (Å²) < 4.78 is 0. The van der Waals surface area contributed by atoms with Gasteiger partial charge >= 0.3 is 0 Å². The summed E-state index contributed by atoms with van der Waals surface area (Å²) in [6.07, 6.45) is 3.49. The predicted octanol–water partition coefficient (Wildman–Crippen LogP) is 2.86. The average Bonchev–Trinajstić information content (AvgIpc) is 2.14. The van der Waals surface area contributed by atoms with Gasteiger partial charge in [0.05, 0.1) is 21.8 Å². The van der Waals surface area contributed by atoms with Crippen molar-refractivity contribution >= 4 is 23.2 Å². The predicted molar refractivity (Wildman–Crippen MR) is 63.8 cm³/mol. The van der Waals surface area contributed by atoms with Crippen LogP contribution in [0.2, 0.25) is 10.0 Å². The summed E-state index contributed by atoms with van der Waals surface area (Å²) in [4.78, 5) is 4.15. The number of nitrogens with one attached hydrogen (secondary N) is 1. The molecule has 1 heterocycles. The van der Waals surface area contributed by atoms with Gasteiger partial charge in [0, 0.05) is 6.20 Å². The van der Waals surface area contributed by atoms with Crippen molar-refractivity contribution in [1.29, 1.82) is 0 Å². The lowest BCUT2D eigenvalue weighted by atomic mass is 10.1. The Kier molecular flexibility index (Phi) is 4.54.